The number of anilines is 1. The molecular formula is C17H22N2O4. The Balaban J connectivity index is 2.03. The standard InChI is InChI=1S/C17H22N2O4/c1-4-23-17-14(15(21)16(17)22)18-10-12(19(2)3)9-11-5-7-13(20)8-6-11/h5-8,12,18,20H,4,9-10H2,1-3H3. The first-order valence-electron chi connectivity index (χ1n) is 7.58. The molecule has 6 nitrogen and oxygen atoms in total. The molecule has 0 fully saturated rings. The molecule has 0 amide bonds. The van der Waals surface area contributed by atoms with Crippen molar-refractivity contribution in [2.24, 2.45) is 0 Å². The first-order valence-corrected chi connectivity index (χ1v) is 7.58. The second-order valence-electron chi connectivity index (χ2n) is 5.66. The van der Waals surface area contributed by atoms with Gasteiger partial charge in [-0.2, -0.15) is 0 Å². The van der Waals surface area contributed by atoms with Crippen molar-refractivity contribution in [3.8, 4) is 11.5 Å². The molecule has 2 rings (SSSR count). The van der Waals surface area contributed by atoms with Gasteiger partial charge < -0.3 is 20.1 Å². The Morgan fingerprint density at radius 2 is 1.83 bits per heavy atom. The second-order valence-corrected chi connectivity index (χ2v) is 5.66. The van der Waals surface area contributed by atoms with Gasteiger partial charge in [0.05, 0.1) is 6.61 Å². The van der Waals surface area contributed by atoms with Crippen molar-refractivity contribution in [3.05, 3.63) is 50.3 Å². The Kier molecular flexibility index (Phi) is 5.39. The minimum Gasteiger partial charge on any atom is -0.508 e. The topological polar surface area (TPSA) is 78.9 Å². The van der Waals surface area contributed by atoms with Crippen molar-refractivity contribution < 1.29 is 9.84 Å². The van der Waals surface area contributed by atoms with Crippen molar-refractivity contribution in [2.45, 2.75) is 19.4 Å². The lowest BCUT2D eigenvalue weighted by Crippen LogP contribution is -2.41. The van der Waals surface area contributed by atoms with Crippen LogP contribution in [-0.4, -0.2) is 43.3 Å². The van der Waals surface area contributed by atoms with Gasteiger partial charge in [0.25, 0.3) is 10.9 Å². The second kappa shape index (κ2) is 7.28. The Bertz CT molecular complexity index is 715. The number of hydrogen-bond donors (Lipinski definition) is 2. The zero-order valence-electron chi connectivity index (χ0n) is 13.6. The molecule has 2 aromatic carbocycles. The summed E-state index contributed by atoms with van der Waals surface area (Å²) in [6.07, 6.45) is 0.750. The van der Waals surface area contributed by atoms with Crippen LogP contribution >= 0.6 is 0 Å². The van der Waals surface area contributed by atoms with Crippen LogP contribution in [0.1, 0.15) is 12.5 Å². The van der Waals surface area contributed by atoms with Crippen LogP contribution in [-0.2, 0) is 6.42 Å². The molecule has 0 aliphatic carbocycles. The van der Waals surface area contributed by atoms with Crippen molar-refractivity contribution in [3.63, 3.8) is 0 Å². The van der Waals surface area contributed by atoms with Gasteiger partial charge in [-0.25, -0.2) is 0 Å². The Labute approximate surface area is 135 Å². The van der Waals surface area contributed by atoms with Crippen LogP contribution < -0.4 is 20.9 Å². The number of phenols is 1. The molecule has 0 heterocycles. The lowest BCUT2D eigenvalue weighted by atomic mass is 10.0. The van der Waals surface area contributed by atoms with Crippen LogP contribution in [0.2, 0.25) is 0 Å². The molecular weight excluding hydrogens is 296 g/mol. The number of nitrogens with one attached hydrogen (secondary N) is 1. The fourth-order valence-corrected chi connectivity index (χ4v) is 2.37. The zero-order chi connectivity index (χ0) is 17.0. The quantitative estimate of drug-likeness (QED) is 0.706. The highest BCUT2D eigenvalue weighted by Crippen LogP contribution is 2.18. The lowest BCUT2D eigenvalue weighted by molar-refractivity contribution is 0.302. The normalized spacial score (nSPS) is 12.5. The third-order valence-corrected chi connectivity index (χ3v) is 3.81. The van der Waals surface area contributed by atoms with Crippen LogP contribution in [0.3, 0.4) is 0 Å². The molecule has 0 aromatic heterocycles. The largest absolute Gasteiger partial charge is 0.508 e. The molecule has 0 radical (unpaired) electrons. The molecule has 0 saturated heterocycles. The molecule has 0 saturated carbocycles. The van der Waals surface area contributed by atoms with Crippen LogP contribution in [0.15, 0.2) is 33.9 Å². The van der Waals surface area contributed by atoms with E-state index in [1.165, 1.54) is 0 Å². The molecule has 124 valence electrons. The van der Waals surface area contributed by atoms with Gasteiger partial charge in [-0.1, -0.05) is 12.1 Å². The van der Waals surface area contributed by atoms with Gasteiger partial charge in [-0.3, -0.25) is 9.59 Å². The van der Waals surface area contributed by atoms with E-state index in [-0.39, 0.29) is 23.2 Å². The molecule has 6 heteroatoms. The summed E-state index contributed by atoms with van der Waals surface area (Å²) in [5.41, 5.74) is 0.276. The summed E-state index contributed by atoms with van der Waals surface area (Å²) in [4.78, 5) is 25.1. The molecule has 2 aromatic rings. The van der Waals surface area contributed by atoms with Crippen molar-refractivity contribution >= 4 is 5.69 Å². The summed E-state index contributed by atoms with van der Waals surface area (Å²) in [7, 11) is 3.91. The molecule has 0 spiro atoms. The Morgan fingerprint density at radius 3 is 2.39 bits per heavy atom. The maximum Gasteiger partial charge on any atom is 0.272 e. The smallest absolute Gasteiger partial charge is 0.272 e. The summed E-state index contributed by atoms with van der Waals surface area (Å²) < 4.78 is 5.20. The van der Waals surface area contributed by atoms with Gasteiger partial charge in [-0.15, -0.1) is 0 Å². The fraction of sp³-hybridized carbons (Fsp3) is 0.412. The number of aromatic hydroxyl groups is 1. The van der Waals surface area contributed by atoms with Gasteiger partial charge >= 0.3 is 0 Å². The van der Waals surface area contributed by atoms with E-state index in [9.17, 15) is 14.7 Å². The summed E-state index contributed by atoms with van der Waals surface area (Å²) in [5.74, 6) is 0.373. The highest BCUT2D eigenvalue weighted by Gasteiger charge is 2.23. The third kappa shape index (κ3) is 3.90. The minimum atomic E-state index is -0.561. The van der Waals surface area contributed by atoms with E-state index in [1.54, 1.807) is 19.1 Å². The fourth-order valence-electron chi connectivity index (χ4n) is 2.37. The van der Waals surface area contributed by atoms with Crippen LogP contribution in [0.4, 0.5) is 5.69 Å². The Hall–Kier alpha value is -2.34. The third-order valence-electron chi connectivity index (χ3n) is 3.81. The Morgan fingerprint density at radius 1 is 1.17 bits per heavy atom. The summed E-state index contributed by atoms with van der Waals surface area (Å²) in [6, 6.07) is 7.17. The first kappa shape index (κ1) is 17.0. The van der Waals surface area contributed by atoms with Crippen molar-refractivity contribution in [2.75, 3.05) is 32.6 Å². The average Bonchev–Trinajstić information content (AvgIpc) is 2.54. The highest BCUT2D eigenvalue weighted by molar-refractivity contribution is 5.61. The van der Waals surface area contributed by atoms with Crippen molar-refractivity contribution in [1.29, 1.82) is 0 Å². The van der Waals surface area contributed by atoms with E-state index >= 15 is 0 Å². The molecule has 0 bridgehead atoms. The number of ether oxygens (including phenoxy) is 1. The number of likely N-dealkylation sites (N-methyl/N-ethyl adjacent to an activating group) is 1. The zero-order valence-corrected chi connectivity index (χ0v) is 13.6. The minimum absolute atomic E-state index is 0.124. The molecule has 23 heavy (non-hydrogen) atoms. The average molecular weight is 318 g/mol. The van der Waals surface area contributed by atoms with Gasteiger partial charge in [0, 0.05) is 12.6 Å². The van der Waals surface area contributed by atoms with Crippen LogP contribution in [0, 0.1) is 0 Å². The van der Waals surface area contributed by atoms with Gasteiger partial charge in [0.2, 0.25) is 0 Å². The number of nitrogens with zero attached hydrogens (tertiary/aromatic N) is 1. The summed E-state index contributed by atoms with van der Waals surface area (Å²) >= 11 is 0. The number of phenolic OH excluding ortho intramolecular Hbond substituents is 1. The summed E-state index contributed by atoms with van der Waals surface area (Å²) in [6.45, 7) is 2.64. The molecule has 2 N–H and O–H groups in total. The van der Waals surface area contributed by atoms with E-state index in [0.717, 1.165) is 12.0 Å². The maximum absolute atomic E-state index is 11.6. The predicted molar refractivity (Wildman–Crippen MR) is 90.3 cm³/mol. The first-order chi connectivity index (χ1) is 10.9. The van der Waals surface area contributed by atoms with E-state index in [0.29, 0.717) is 13.2 Å². The predicted octanol–water partition coefficient (Wildman–Crippen LogP) is 0.972. The van der Waals surface area contributed by atoms with Crippen molar-refractivity contribution in [1.82, 2.24) is 4.90 Å². The molecule has 0 aliphatic rings. The van der Waals surface area contributed by atoms with E-state index in [4.69, 9.17) is 4.74 Å². The molecule has 1 atom stereocenters. The van der Waals surface area contributed by atoms with E-state index < -0.39 is 10.9 Å². The maximum atomic E-state index is 11.6. The van der Waals surface area contributed by atoms with E-state index in [2.05, 4.69) is 5.32 Å². The monoisotopic (exact) mass is 318 g/mol. The number of rotatable bonds is 8. The molecule has 0 aliphatic heterocycles. The van der Waals surface area contributed by atoms with Gasteiger partial charge in [-0.05, 0) is 45.1 Å². The molecule has 1 unspecified atom stereocenters. The number of benzene rings is 1. The SMILES string of the molecule is CCOc1c(NCC(Cc2ccc(O)cc2)N(C)C)c(=O)c1=O. The highest BCUT2D eigenvalue weighted by atomic mass is 16.5. The number of hydrogen-bond acceptors (Lipinski definition) is 6. The van der Waals surface area contributed by atoms with Gasteiger partial charge in [0.15, 0.2) is 5.75 Å². The van der Waals surface area contributed by atoms with E-state index in [1.807, 2.05) is 31.1 Å². The van der Waals surface area contributed by atoms with Crippen LogP contribution in [0.25, 0.3) is 0 Å². The van der Waals surface area contributed by atoms with Crippen LogP contribution in [0.5, 0.6) is 11.5 Å². The summed E-state index contributed by atoms with van der Waals surface area (Å²) in [5, 5.41) is 12.4. The van der Waals surface area contributed by atoms with Gasteiger partial charge in [0.1, 0.15) is 11.4 Å². The lowest BCUT2D eigenvalue weighted by Gasteiger charge is -2.26.